The molecule has 0 radical (unpaired) electrons. The van der Waals surface area contributed by atoms with E-state index in [0.29, 0.717) is 12.1 Å². The molecular formula is C16H25NO3. The molecule has 2 atom stereocenters. The summed E-state index contributed by atoms with van der Waals surface area (Å²) in [5, 5.41) is 3.54. The van der Waals surface area contributed by atoms with Gasteiger partial charge in [-0.05, 0) is 43.9 Å². The molecule has 1 aromatic carbocycles. The number of benzene rings is 1. The van der Waals surface area contributed by atoms with Crippen molar-refractivity contribution in [1.82, 2.24) is 5.32 Å². The Hall–Kier alpha value is -1.26. The summed E-state index contributed by atoms with van der Waals surface area (Å²) in [5.74, 6) is 1.56. The van der Waals surface area contributed by atoms with E-state index in [1.54, 1.807) is 14.2 Å². The van der Waals surface area contributed by atoms with Gasteiger partial charge in [0, 0.05) is 19.2 Å². The molecule has 2 unspecified atom stereocenters. The average Bonchev–Trinajstić information content (AvgIpc) is 2.98. The van der Waals surface area contributed by atoms with Crippen LogP contribution in [0.15, 0.2) is 18.2 Å². The third-order valence-electron chi connectivity index (χ3n) is 3.71. The van der Waals surface area contributed by atoms with Gasteiger partial charge in [-0.1, -0.05) is 6.07 Å². The van der Waals surface area contributed by atoms with E-state index in [4.69, 9.17) is 14.2 Å². The SMILES string of the molecule is COc1ccc(CC(C)NCC2CCCO2)cc1OC. The molecule has 1 aliphatic heterocycles. The highest BCUT2D eigenvalue weighted by atomic mass is 16.5. The first-order chi connectivity index (χ1) is 9.72. The van der Waals surface area contributed by atoms with Crippen LogP contribution in [0.3, 0.4) is 0 Å². The maximum Gasteiger partial charge on any atom is 0.160 e. The quantitative estimate of drug-likeness (QED) is 0.832. The molecule has 112 valence electrons. The first-order valence-electron chi connectivity index (χ1n) is 7.29. The van der Waals surface area contributed by atoms with Crippen molar-refractivity contribution >= 4 is 0 Å². The van der Waals surface area contributed by atoms with E-state index in [1.165, 1.54) is 18.4 Å². The molecule has 20 heavy (non-hydrogen) atoms. The Morgan fingerprint density at radius 3 is 2.75 bits per heavy atom. The fourth-order valence-corrected chi connectivity index (χ4v) is 2.57. The summed E-state index contributed by atoms with van der Waals surface area (Å²) in [6.45, 7) is 4.05. The smallest absolute Gasteiger partial charge is 0.160 e. The molecule has 0 aliphatic carbocycles. The van der Waals surface area contributed by atoms with Crippen molar-refractivity contribution in [3.8, 4) is 11.5 Å². The molecule has 4 heteroatoms. The van der Waals surface area contributed by atoms with E-state index < -0.39 is 0 Å². The predicted molar refractivity (Wildman–Crippen MR) is 79.7 cm³/mol. The molecule has 0 amide bonds. The van der Waals surface area contributed by atoms with Crippen molar-refractivity contribution in [2.45, 2.75) is 38.3 Å². The fraction of sp³-hybridized carbons (Fsp3) is 0.625. The first-order valence-corrected chi connectivity index (χ1v) is 7.29. The lowest BCUT2D eigenvalue weighted by atomic mass is 10.1. The zero-order chi connectivity index (χ0) is 14.4. The monoisotopic (exact) mass is 279 g/mol. The lowest BCUT2D eigenvalue weighted by molar-refractivity contribution is 0.108. The van der Waals surface area contributed by atoms with Crippen molar-refractivity contribution in [3.63, 3.8) is 0 Å². The number of hydrogen-bond donors (Lipinski definition) is 1. The topological polar surface area (TPSA) is 39.7 Å². The number of ether oxygens (including phenoxy) is 3. The molecule has 1 aliphatic rings. The van der Waals surface area contributed by atoms with Crippen LogP contribution in [0.1, 0.15) is 25.3 Å². The van der Waals surface area contributed by atoms with Gasteiger partial charge < -0.3 is 19.5 Å². The minimum atomic E-state index is 0.392. The van der Waals surface area contributed by atoms with Gasteiger partial charge in [0.05, 0.1) is 20.3 Å². The first kappa shape index (κ1) is 15.1. The van der Waals surface area contributed by atoms with Gasteiger partial charge >= 0.3 is 0 Å². The van der Waals surface area contributed by atoms with E-state index >= 15 is 0 Å². The van der Waals surface area contributed by atoms with Crippen LogP contribution < -0.4 is 14.8 Å². The third-order valence-corrected chi connectivity index (χ3v) is 3.71. The zero-order valence-electron chi connectivity index (χ0n) is 12.6. The molecule has 1 saturated heterocycles. The summed E-state index contributed by atoms with van der Waals surface area (Å²) in [6, 6.07) is 6.51. The standard InChI is InChI=1S/C16H25NO3/c1-12(17-11-14-5-4-8-20-14)9-13-6-7-15(18-2)16(10-13)19-3/h6-7,10,12,14,17H,4-5,8-9,11H2,1-3H3. The van der Waals surface area contributed by atoms with E-state index in [9.17, 15) is 0 Å². The summed E-state index contributed by atoms with van der Waals surface area (Å²) >= 11 is 0. The lowest BCUT2D eigenvalue weighted by Crippen LogP contribution is -2.34. The minimum absolute atomic E-state index is 0.392. The molecule has 1 heterocycles. The Kier molecular flexibility index (Phi) is 5.68. The molecule has 1 aromatic rings. The summed E-state index contributed by atoms with van der Waals surface area (Å²) in [7, 11) is 3.32. The van der Waals surface area contributed by atoms with Gasteiger partial charge in [-0.2, -0.15) is 0 Å². The van der Waals surface area contributed by atoms with Crippen molar-refractivity contribution in [2.24, 2.45) is 0 Å². The third kappa shape index (κ3) is 4.12. The number of rotatable bonds is 7. The van der Waals surface area contributed by atoms with Gasteiger partial charge in [0.15, 0.2) is 11.5 Å². The largest absolute Gasteiger partial charge is 0.493 e. The Labute approximate surface area is 121 Å². The van der Waals surface area contributed by atoms with Crippen LogP contribution in [0.25, 0.3) is 0 Å². The number of methoxy groups -OCH3 is 2. The van der Waals surface area contributed by atoms with Crippen LogP contribution in [0.2, 0.25) is 0 Å². The average molecular weight is 279 g/mol. The second-order valence-corrected chi connectivity index (χ2v) is 5.34. The van der Waals surface area contributed by atoms with Crippen LogP contribution in [-0.4, -0.2) is 39.5 Å². The van der Waals surface area contributed by atoms with Gasteiger partial charge in [0.25, 0.3) is 0 Å². The van der Waals surface area contributed by atoms with Crippen molar-refractivity contribution in [3.05, 3.63) is 23.8 Å². The maximum absolute atomic E-state index is 5.62. The van der Waals surface area contributed by atoms with Gasteiger partial charge in [-0.25, -0.2) is 0 Å². The molecule has 1 fully saturated rings. The summed E-state index contributed by atoms with van der Waals surface area (Å²) in [4.78, 5) is 0. The van der Waals surface area contributed by atoms with Gasteiger partial charge in [0.1, 0.15) is 0 Å². The molecule has 0 saturated carbocycles. The van der Waals surface area contributed by atoms with Gasteiger partial charge in [-0.15, -0.1) is 0 Å². The molecule has 4 nitrogen and oxygen atoms in total. The highest BCUT2D eigenvalue weighted by molar-refractivity contribution is 5.43. The van der Waals surface area contributed by atoms with E-state index in [2.05, 4.69) is 18.3 Å². The van der Waals surface area contributed by atoms with Crippen LogP contribution in [0, 0.1) is 0 Å². The Balaban J connectivity index is 1.85. The summed E-state index contributed by atoms with van der Waals surface area (Å²) in [6.07, 6.45) is 3.72. The normalized spacial score (nSPS) is 19.9. The number of nitrogens with one attached hydrogen (secondary N) is 1. The summed E-state index contributed by atoms with van der Waals surface area (Å²) < 4.78 is 16.2. The second kappa shape index (κ2) is 7.50. The number of hydrogen-bond acceptors (Lipinski definition) is 4. The van der Waals surface area contributed by atoms with E-state index in [-0.39, 0.29) is 0 Å². The highest BCUT2D eigenvalue weighted by Crippen LogP contribution is 2.27. The molecule has 1 N–H and O–H groups in total. The summed E-state index contributed by atoms with van der Waals surface area (Å²) in [5.41, 5.74) is 1.25. The molecule has 0 bridgehead atoms. The van der Waals surface area contributed by atoms with Crippen LogP contribution in [-0.2, 0) is 11.2 Å². The molecule has 2 rings (SSSR count). The van der Waals surface area contributed by atoms with E-state index in [1.807, 2.05) is 12.1 Å². The Morgan fingerprint density at radius 1 is 1.30 bits per heavy atom. The van der Waals surface area contributed by atoms with Crippen molar-refractivity contribution < 1.29 is 14.2 Å². The molecule has 0 spiro atoms. The predicted octanol–water partition coefficient (Wildman–Crippen LogP) is 2.40. The van der Waals surface area contributed by atoms with Gasteiger partial charge in [-0.3, -0.25) is 0 Å². The molecular weight excluding hydrogens is 254 g/mol. The van der Waals surface area contributed by atoms with Crippen LogP contribution in [0.5, 0.6) is 11.5 Å². The zero-order valence-corrected chi connectivity index (χ0v) is 12.6. The van der Waals surface area contributed by atoms with Crippen LogP contribution in [0.4, 0.5) is 0 Å². The lowest BCUT2D eigenvalue weighted by Gasteiger charge is -2.17. The second-order valence-electron chi connectivity index (χ2n) is 5.34. The van der Waals surface area contributed by atoms with Crippen molar-refractivity contribution in [2.75, 3.05) is 27.4 Å². The fourth-order valence-electron chi connectivity index (χ4n) is 2.57. The van der Waals surface area contributed by atoms with Gasteiger partial charge in [0.2, 0.25) is 0 Å². The highest BCUT2D eigenvalue weighted by Gasteiger charge is 2.16. The molecule has 0 aromatic heterocycles. The van der Waals surface area contributed by atoms with E-state index in [0.717, 1.165) is 31.1 Å². The Bertz CT molecular complexity index is 416. The van der Waals surface area contributed by atoms with Crippen molar-refractivity contribution in [1.29, 1.82) is 0 Å². The van der Waals surface area contributed by atoms with Crippen LogP contribution >= 0.6 is 0 Å². The minimum Gasteiger partial charge on any atom is -0.493 e. The maximum atomic E-state index is 5.62. The Morgan fingerprint density at radius 2 is 2.10 bits per heavy atom.